The molecule has 0 fully saturated rings. The Labute approximate surface area is 120 Å². The number of aromatic nitrogens is 2. The Bertz CT molecular complexity index is 855. The molecule has 1 aromatic heterocycles. The number of fused-ring (bicyclic) bond motifs is 1. The van der Waals surface area contributed by atoms with Crippen LogP contribution in [0.4, 0.5) is 0 Å². The van der Waals surface area contributed by atoms with Crippen LogP contribution in [0.2, 0.25) is 0 Å². The number of para-hydroxylation sites is 2. The fourth-order valence-electron chi connectivity index (χ4n) is 2.03. The molecule has 3 N–H and O–H groups in total. The number of rotatable bonds is 2. The van der Waals surface area contributed by atoms with Crippen molar-refractivity contribution in [2.75, 3.05) is 0 Å². The molecule has 1 heterocycles. The first kappa shape index (κ1) is 12.8. The van der Waals surface area contributed by atoms with Gasteiger partial charge in [0.2, 0.25) is 0 Å². The van der Waals surface area contributed by atoms with E-state index in [2.05, 4.69) is 16.0 Å². The lowest BCUT2D eigenvalue weighted by molar-refractivity contribution is 0.403. The van der Waals surface area contributed by atoms with Gasteiger partial charge in [0.05, 0.1) is 16.6 Å². The molecule has 0 saturated carbocycles. The van der Waals surface area contributed by atoms with Gasteiger partial charge in [0.25, 0.3) is 0 Å². The number of aromatic hydroxyl groups is 2. The molecule has 0 spiro atoms. The van der Waals surface area contributed by atoms with Crippen LogP contribution >= 0.6 is 0 Å². The fourth-order valence-corrected chi connectivity index (χ4v) is 2.03. The van der Waals surface area contributed by atoms with Gasteiger partial charge in [-0.25, -0.2) is 4.98 Å². The monoisotopic (exact) mass is 277 g/mol. The average molecular weight is 277 g/mol. The molecule has 2 aromatic carbocycles. The predicted molar refractivity (Wildman–Crippen MR) is 79.3 cm³/mol. The summed E-state index contributed by atoms with van der Waals surface area (Å²) in [4.78, 5) is 7.44. The van der Waals surface area contributed by atoms with Gasteiger partial charge in [-0.05, 0) is 35.9 Å². The number of hydrogen-bond donors (Lipinski definition) is 3. The van der Waals surface area contributed by atoms with E-state index in [1.54, 1.807) is 12.1 Å². The van der Waals surface area contributed by atoms with E-state index in [9.17, 15) is 15.5 Å². The van der Waals surface area contributed by atoms with E-state index in [-0.39, 0.29) is 11.5 Å². The van der Waals surface area contributed by atoms with Gasteiger partial charge in [-0.3, -0.25) is 0 Å². The van der Waals surface area contributed by atoms with E-state index >= 15 is 0 Å². The van der Waals surface area contributed by atoms with Gasteiger partial charge in [0.1, 0.15) is 11.9 Å². The van der Waals surface area contributed by atoms with Gasteiger partial charge in [0, 0.05) is 0 Å². The van der Waals surface area contributed by atoms with Crippen molar-refractivity contribution in [3.05, 3.63) is 53.9 Å². The van der Waals surface area contributed by atoms with Gasteiger partial charge in [-0.2, -0.15) is 5.26 Å². The van der Waals surface area contributed by atoms with E-state index in [0.29, 0.717) is 17.0 Å². The minimum Gasteiger partial charge on any atom is -0.504 e. The number of phenolic OH excluding ortho intramolecular Hbond substituents is 2. The molecule has 102 valence electrons. The minimum absolute atomic E-state index is 0.200. The largest absolute Gasteiger partial charge is 0.504 e. The van der Waals surface area contributed by atoms with Crippen LogP contribution in [0.5, 0.6) is 11.5 Å². The summed E-state index contributed by atoms with van der Waals surface area (Å²) in [5.74, 6) is 0.0336. The van der Waals surface area contributed by atoms with Crippen molar-refractivity contribution >= 4 is 22.7 Å². The molecule has 3 rings (SSSR count). The van der Waals surface area contributed by atoms with Gasteiger partial charge in [-0.1, -0.05) is 18.2 Å². The predicted octanol–water partition coefficient (Wildman–Crippen LogP) is 3.04. The summed E-state index contributed by atoms with van der Waals surface area (Å²) in [7, 11) is 0. The highest BCUT2D eigenvalue weighted by Crippen LogP contribution is 2.27. The van der Waals surface area contributed by atoms with Gasteiger partial charge in [0.15, 0.2) is 11.5 Å². The number of allylic oxidation sites excluding steroid dienone is 1. The second kappa shape index (κ2) is 5.02. The molecule has 21 heavy (non-hydrogen) atoms. The first-order valence-corrected chi connectivity index (χ1v) is 6.26. The number of nitrogens with zero attached hydrogens (tertiary/aromatic N) is 2. The minimum atomic E-state index is -0.231. The van der Waals surface area contributed by atoms with Crippen LogP contribution in [-0.4, -0.2) is 20.2 Å². The number of hydrogen-bond acceptors (Lipinski definition) is 4. The smallest absolute Gasteiger partial charge is 0.157 e. The normalized spacial score (nSPS) is 11.5. The molecule has 0 atom stereocenters. The van der Waals surface area contributed by atoms with Gasteiger partial charge >= 0.3 is 0 Å². The Hall–Kier alpha value is -3.26. The van der Waals surface area contributed by atoms with Crippen LogP contribution in [0.25, 0.3) is 22.7 Å². The standard InChI is InChI=1S/C16H11N3O2/c17-9-11(7-10-5-6-14(20)15(21)8-10)16-18-12-3-1-2-4-13(12)19-16/h1-8,20-21H,(H,18,19)/b11-7-. The van der Waals surface area contributed by atoms with Crippen molar-refractivity contribution < 1.29 is 10.2 Å². The van der Waals surface area contributed by atoms with Crippen LogP contribution in [0.1, 0.15) is 11.4 Å². The molecular weight excluding hydrogens is 266 g/mol. The highest BCUT2D eigenvalue weighted by Gasteiger charge is 2.08. The molecule has 0 bridgehead atoms. The Morgan fingerprint density at radius 3 is 2.67 bits per heavy atom. The van der Waals surface area contributed by atoms with Crippen LogP contribution < -0.4 is 0 Å². The average Bonchev–Trinajstić information content (AvgIpc) is 2.92. The van der Waals surface area contributed by atoms with Crippen molar-refractivity contribution in [3.63, 3.8) is 0 Å². The SMILES string of the molecule is N#C/C(=C/c1ccc(O)c(O)c1)c1nc2ccccc2[nH]1. The molecule has 0 radical (unpaired) electrons. The van der Waals surface area contributed by atoms with Crippen molar-refractivity contribution in [1.29, 1.82) is 5.26 Å². The lowest BCUT2D eigenvalue weighted by atomic mass is 10.1. The number of imidazole rings is 1. The summed E-state index contributed by atoms with van der Waals surface area (Å²) < 4.78 is 0. The van der Waals surface area contributed by atoms with E-state index in [1.807, 2.05) is 24.3 Å². The fraction of sp³-hybridized carbons (Fsp3) is 0. The zero-order valence-corrected chi connectivity index (χ0v) is 10.9. The lowest BCUT2D eigenvalue weighted by Gasteiger charge is -1.99. The second-order valence-electron chi connectivity index (χ2n) is 4.52. The maximum Gasteiger partial charge on any atom is 0.157 e. The Morgan fingerprint density at radius 1 is 1.14 bits per heavy atom. The van der Waals surface area contributed by atoms with Crippen LogP contribution in [-0.2, 0) is 0 Å². The van der Waals surface area contributed by atoms with Gasteiger partial charge in [-0.15, -0.1) is 0 Å². The van der Waals surface area contributed by atoms with Crippen LogP contribution in [0.15, 0.2) is 42.5 Å². The summed E-state index contributed by atoms with van der Waals surface area (Å²) in [6.45, 7) is 0. The van der Waals surface area contributed by atoms with Gasteiger partial charge < -0.3 is 15.2 Å². The highest BCUT2D eigenvalue weighted by atomic mass is 16.3. The number of aromatic amines is 1. The second-order valence-corrected chi connectivity index (χ2v) is 4.52. The van der Waals surface area contributed by atoms with Crippen molar-refractivity contribution in [2.24, 2.45) is 0 Å². The summed E-state index contributed by atoms with van der Waals surface area (Å²) in [5.41, 5.74) is 2.57. The number of benzene rings is 2. The first-order chi connectivity index (χ1) is 10.2. The van der Waals surface area contributed by atoms with E-state index < -0.39 is 0 Å². The molecule has 0 amide bonds. The third-order valence-electron chi connectivity index (χ3n) is 3.08. The Balaban J connectivity index is 2.06. The highest BCUT2D eigenvalue weighted by molar-refractivity contribution is 5.90. The Kier molecular flexibility index (Phi) is 3.05. The number of nitriles is 1. The molecule has 0 unspecified atom stereocenters. The maximum absolute atomic E-state index is 9.49. The maximum atomic E-state index is 9.49. The lowest BCUT2D eigenvalue weighted by Crippen LogP contribution is -1.85. The summed E-state index contributed by atoms with van der Waals surface area (Å²) in [5, 5.41) is 28.1. The topological polar surface area (TPSA) is 92.9 Å². The number of phenols is 2. The zero-order chi connectivity index (χ0) is 14.8. The summed E-state index contributed by atoms with van der Waals surface area (Å²) in [6, 6.07) is 13.9. The number of nitrogens with one attached hydrogen (secondary N) is 1. The molecule has 5 heteroatoms. The zero-order valence-electron chi connectivity index (χ0n) is 10.9. The summed E-state index contributed by atoms with van der Waals surface area (Å²) in [6.07, 6.45) is 1.59. The molecule has 3 aromatic rings. The Morgan fingerprint density at radius 2 is 1.95 bits per heavy atom. The van der Waals surface area contributed by atoms with Crippen LogP contribution in [0, 0.1) is 11.3 Å². The molecule has 0 aliphatic carbocycles. The van der Waals surface area contributed by atoms with Crippen molar-refractivity contribution in [2.45, 2.75) is 0 Å². The van der Waals surface area contributed by atoms with Crippen molar-refractivity contribution in [1.82, 2.24) is 9.97 Å². The van der Waals surface area contributed by atoms with E-state index in [0.717, 1.165) is 11.0 Å². The van der Waals surface area contributed by atoms with E-state index in [4.69, 9.17) is 0 Å². The third kappa shape index (κ3) is 2.42. The van der Waals surface area contributed by atoms with Crippen molar-refractivity contribution in [3.8, 4) is 17.6 Å². The van der Waals surface area contributed by atoms with E-state index in [1.165, 1.54) is 12.1 Å². The molecule has 0 aliphatic rings. The quantitative estimate of drug-likeness (QED) is 0.496. The van der Waals surface area contributed by atoms with Crippen LogP contribution in [0.3, 0.4) is 0 Å². The molecule has 0 saturated heterocycles. The molecular formula is C16H11N3O2. The summed E-state index contributed by atoms with van der Waals surface area (Å²) >= 11 is 0. The molecule has 0 aliphatic heterocycles. The molecule has 5 nitrogen and oxygen atoms in total. The number of H-pyrrole nitrogens is 1. The third-order valence-corrected chi connectivity index (χ3v) is 3.08. The first-order valence-electron chi connectivity index (χ1n) is 6.26.